The third kappa shape index (κ3) is 4.09. The number of rotatable bonds is 5. The number of ketones is 1. The van der Waals surface area contributed by atoms with Gasteiger partial charge in [-0.15, -0.1) is 0 Å². The number of para-hydroxylation sites is 2. The molecule has 0 aliphatic carbocycles. The molecular weight excluding hydrogens is 240 g/mol. The van der Waals surface area contributed by atoms with E-state index in [0.29, 0.717) is 0 Å². The Bertz CT molecular complexity index is 503. The number of hydrogen-bond donors (Lipinski definition) is 2. The van der Waals surface area contributed by atoms with Gasteiger partial charge in [0.25, 0.3) is 0 Å². The molecular formula is C12H10O6. The average Bonchev–Trinajstić information content (AvgIpc) is 2.32. The fraction of sp³-hybridized carbons (Fsp3) is 0.0833. The van der Waals surface area contributed by atoms with Crippen LogP contribution in [-0.4, -0.2) is 27.9 Å². The highest BCUT2D eigenvalue weighted by atomic mass is 16.5. The number of phenols is 1. The molecule has 0 heterocycles. The molecule has 1 aromatic rings. The van der Waals surface area contributed by atoms with Gasteiger partial charge in [0, 0.05) is 12.5 Å². The zero-order valence-corrected chi connectivity index (χ0v) is 9.20. The zero-order valence-electron chi connectivity index (χ0n) is 9.20. The SMILES string of the molecule is O=C(C=CCC(=O)C(=O)O)Oc1ccccc1O. The standard InChI is InChI=1S/C12H10O6/c13-8-4-1-2-6-10(8)18-11(15)7-3-5-9(14)12(16)17/h1-4,6-7,13H,5H2,(H,16,17). The van der Waals surface area contributed by atoms with Crippen LogP contribution in [0.4, 0.5) is 0 Å². The molecule has 0 radical (unpaired) electrons. The van der Waals surface area contributed by atoms with E-state index in [1.807, 2.05) is 0 Å². The summed E-state index contributed by atoms with van der Waals surface area (Å²) in [6.07, 6.45) is 1.61. The van der Waals surface area contributed by atoms with Crippen molar-refractivity contribution in [1.29, 1.82) is 0 Å². The highest BCUT2D eigenvalue weighted by Crippen LogP contribution is 2.24. The number of esters is 1. The number of aromatic hydroxyl groups is 1. The molecule has 0 saturated heterocycles. The molecule has 0 fully saturated rings. The van der Waals surface area contributed by atoms with Gasteiger partial charge in [0.05, 0.1) is 0 Å². The van der Waals surface area contributed by atoms with Gasteiger partial charge in [-0.1, -0.05) is 18.2 Å². The number of aliphatic carboxylic acids is 1. The number of carbonyl (C=O) groups excluding carboxylic acids is 2. The Hall–Kier alpha value is -2.63. The lowest BCUT2D eigenvalue weighted by atomic mass is 10.2. The summed E-state index contributed by atoms with van der Waals surface area (Å²) in [5, 5.41) is 17.6. The predicted molar refractivity (Wildman–Crippen MR) is 60.1 cm³/mol. The number of benzene rings is 1. The van der Waals surface area contributed by atoms with Gasteiger partial charge in [-0.05, 0) is 12.1 Å². The van der Waals surface area contributed by atoms with E-state index in [1.54, 1.807) is 12.1 Å². The number of carbonyl (C=O) groups is 3. The fourth-order valence-corrected chi connectivity index (χ4v) is 1.04. The van der Waals surface area contributed by atoms with E-state index in [9.17, 15) is 19.5 Å². The number of Topliss-reactive ketones (excluding diaryl/α,β-unsaturated/α-hetero) is 1. The minimum atomic E-state index is -1.56. The van der Waals surface area contributed by atoms with Crippen molar-refractivity contribution in [3.8, 4) is 11.5 Å². The highest BCUT2D eigenvalue weighted by Gasteiger charge is 2.09. The van der Waals surface area contributed by atoms with Crippen LogP contribution in [0.2, 0.25) is 0 Å². The summed E-state index contributed by atoms with van der Waals surface area (Å²) < 4.78 is 4.75. The summed E-state index contributed by atoms with van der Waals surface area (Å²) in [5.74, 6) is -3.61. The van der Waals surface area contributed by atoms with Crippen molar-refractivity contribution < 1.29 is 29.3 Å². The van der Waals surface area contributed by atoms with E-state index in [2.05, 4.69) is 0 Å². The average molecular weight is 250 g/mol. The van der Waals surface area contributed by atoms with Gasteiger partial charge < -0.3 is 14.9 Å². The molecule has 0 amide bonds. The second kappa shape index (κ2) is 6.19. The lowest BCUT2D eigenvalue weighted by Crippen LogP contribution is -2.11. The maximum absolute atomic E-state index is 11.2. The molecule has 0 aliphatic heterocycles. The lowest BCUT2D eigenvalue weighted by Gasteiger charge is -2.02. The Labute approximate surface area is 102 Å². The van der Waals surface area contributed by atoms with E-state index < -0.39 is 24.1 Å². The van der Waals surface area contributed by atoms with E-state index in [-0.39, 0.29) is 11.5 Å². The summed E-state index contributed by atoms with van der Waals surface area (Å²) in [5.41, 5.74) is 0. The molecule has 1 rings (SSSR count). The molecule has 1 aromatic carbocycles. The molecule has 6 nitrogen and oxygen atoms in total. The monoisotopic (exact) mass is 250 g/mol. The van der Waals surface area contributed by atoms with Gasteiger partial charge in [0.1, 0.15) is 0 Å². The maximum Gasteiger partial charge on any atom is 0.372 e. The number of carboxylic acids is 1. The third-order valence-electron chi connectivity index (χ3n) is 1.87. The van der Waals surface area contributed by atoms with Crippen molar-refractivity contribution in [1.82, 2.24) is 0 Å². The quantitative estimate of drug-likeness (QED) is 0.348. The summed E-state index contributed by atoms with van der Waals surface area (Å²) in [4.78, 5) is 32.1. The second-order valence-corrected chi connectivity index (χ2v) is 3.22. The maximum atomic E-state index is 11.2. The molecule has 18 heavy (non-hydrogen) atoms. The van der Waals surface area contributed by atoms with Crippen molar-refractivity contribution in [2.24, 2.45) is 0 Å². The first-order valence-electron chi connectivity index (χ1n) is 4.93. The number of carboxylic acid groups (broad SMARTS) is 1. The van der Waals surface area contributed by atoms with Gasteiger partial charge in [-0.3, -0.25) is 4.79 Å². The first kappa shape index (κ1) is 13.4. The molecule has 2 N–H and O–H groups in total. The van der Waals surface area contributed by atoms with Crippen molar-refractivity contribution in [2.45, 2.75) is 6.42 Å². The van der Waals surface area contributed by atoms with Gasteiger partial charge in [0.15, 0.2) is 11.5 Å². The van der Waals surface area contributed by atoms with Crippen LogP contribution in [0.3, 0.4) is 0 Å². The first-order valence-corrected chi connectivity index (χ1v) is 4.93. The van der Waals surface area contributed by atoms with Crippen LogP contribution in [0, 0.1) is 0 Å². The Morgan fingerprint density at radius 3 is 2.50 bits per heavy atom. The first-order chi connectivity index (χ1) is 8.50. The smallest absolute Gasteiger partial charge is 0.372 e. The van der Waals surface area contributed by atoms with Crippen molar-refractivity contribution in [3.05, 3.63) is 36.4 Å². The predicted octanol–water partition coefficient (Wildman–Crippen LogP) is 0.898. The second-order valence-electron chi connectivity index (χ2n) is 3.22. The summed E-state index contributed by atoms with van der Waals surface area (Å²) >= 11 is 0. The molecule has 0 bridgehead atoms. The molecule has 94 valence electrons. The zero-order chi connectivity index (χ0) is 13.5. The Morgan fingerprint density at radius 2 is 1.89 bits per heavy atom. The highest BCUT2D eigenvalue weighted by molar-refractivity contribution is 6.33. The fourth-order valence-electron chi connectivity index (χ4n) is 1.04. The Morgan fingerprint density at radius 1 is 1.22 bits per heavy atom. The summed E-state index contributed by atoms with van der Waals surface area (Å²) in [6.45, 7) is 0. The van der Waals surface area contributed by atoms with Crippen molar-refractivity contribution in [2.75, 3.05) is 0 Å². The van der Waals surface area contributed by atoms with Gasteiger partial charge in [-0.2, -0.15) is 0 Å². The van der Waals surface area contributed by atoms with Gasteiger partial charge >= 0.3 is 11.9 Å². The van der Waals surface area contributed by atoms with Crippen LogP contribution in [0.1, 0.15) is 6.42 Å². The van der Waals surface area contributed by atoms with Gasteiger partial charge in [-0.25, -0.2) is 9.59 Å². The Kier molecular flexibility index (Phi) is 4.62. The van der Waals surface area contributed by atoms with Crippen LogP contribution in [0.15, 0.2) is 36.4 Å². The van der Waals surface area contributed by atoms with Crippen LogP contribution in [-0.2, 0) is 14.4 Å². The molecule has 6 heteroatoms. The van der Waals surface area contributed by atoms with Crippen molar-refractivity contribution in [3.63, 3.8) is 0 Å². The normalized spacial score (nSPS) is 10.2. The van der Waals surface area contributed by atoms with Crippen LogP contribution >= 0.6 is 0 Å². The molecule has 0 unspecified atom stereocenters. The van der Waals surface area contributed by atoms with E-state index in [0.717, 1.165) is 12.2 Å². The minimum Gasteiger partial charge on any atom is -0.504 e. The van der Waals surface area contributed by atoms with E-state index in [4.69, 9.17) is 9.84 Å². The third-order valence-corrected chi connectivity index (χ3v) is 1.87. The molecule has 0 atom stereocenters. The van der Waals surface area contributed by atoms with E-state index >= 15 is 0 Å². The van der Waals surface area contributed by atoms with Crippen molar-refractivity contribution >= 4 is 17.7 Å². The largest absolute Gasteiger partial charge is 0.504 e. The molecule has 0 spiro atoms. The van der Waals surface area contributed by atoms with E-state index in [1.165, 1.54) is 12.1 Å². The number of ether oxygens (including phenoxy) is 1. The summed E-state index contributed by atoms with van der Waals surface area (Å²) in [7, 11) is 0. The Balaban J connectivity index is 2.52. The van der Waals surface area contributed by atoms with Crippen LogP contribution in [0.5, 0.6) is 11.5 Å². The summed E-state index contributed by atoms with van der Waals surface area (Å²) in [6, 6.07) is 5.87. The number of hydrogen-bond acceptors (Lipinski definition) is 5. The van der Waals surface area contributed by atoms with Crippen LogP contribution in [0.25, 0.3) is 0 Å². The topological polar surface area (TPSA) is 101 Å². The number of allylic oxidation sites excluding steroid dienone is 1. The molecule has 0 aliphatic rings. The molecule has 0 saturated carbocycles. The lowest BCUT2D eigenvalue weighted by molar-refractivity contribution is -0.148. The molecule has 0 aromatic heterocycles. The van der Waals surface area contributed by atoms with Gasteiger partial charge in [0.2, 0.25) is 5.78 Å². The van der Waals surface area contributed by atoms with Crippen LogP contribution < -0.4 is 4.74 Å². The minimum absolute atomic E-state index is 0.0169. The number of phenolic OH excluding ortho intramolecular Hbond substituents is 1.